The van der Waals surface area contributed by atoms with Crippen LogP contribution in [0, 0.1) is 23.7 Å². The van der Waals surface area contributed by atoms with Crippen LogP contribution in [-0.2, 0) is 57.0 Å². The monoisotopic (exact) mass is 914 g/mol. The van der Waals surface area contributed by atoms with E-state index in [0.29, 0.717) is 43.2 Å². The molecule has 1 spiro atoms. The number of fused-ring (bicyclic) bond motifs is 2. The van der Waals surface area contributed by atoms with E-state index in [4.69, 9.17) is 47.4 Å². The lowest BCUT2D eigenvalue weighted by atomic mass is 9.71. The second kappa shape index (κ2) is 20.4. The molecule has 0 aromatic carbocycles. The van der Waals surface area contributed by atoms with Gasteiger partial charge in [0.1, 0.15) is 35.9 Å². The summed E-state index contributed by atoms with van der Waals surface area (Å²) in [6.07, 6.45) is 9.95. The lowest BCUT2D eigenvalue weighted by Crippen LogP contribution is -2.65. The van der Waals surface area contributed by atoms with Gasteiger partial charge >= 0.3 is 5.97 Å². The van der Waals surface area contributed by atoms with Crippen LogP contribution in [0.3, 0.4) is 0 Å². The minimum Gasteiger partial charge on any atom is -0.462 e. The average molecular weight is 914 g/mol. The number of carbonyl (C=O) groups is 2. The number of aliphatic hydroxyl groups excluding tert-OH is 1. The summed E-state index contributed by atoms with van der Waals surface area (Å²) < 4.78 is 64.5. The number of nitrogens with one attached hydrogen (secondary N) is 1. The van der Waals surface area contributed by atoms with E-state index in [1.807, 2.05) is 45.9 Å². The molecule has 6 aliphatic heterocycles. The Morgan fingerprint density at radius 3 is 2.43 bits per heavy atom. The molecule has 15 nitrogen and oxygen atoms in total. The fourth-order valence-corrected chi connectivity index (χ4v) is 11.1. The molecule has 4 saturated heterocycles. The zero-order valence-corrected chi connectivity index (χ0v) is 40.2. The fraction of sp³-hybridized carbons (Fsp3) is 0.760. The summed E-state index contributed by atoms with van der Waals surface area (Å²) in [4.78, 5) is 25.9. The molecule has 0 aromatic heterocycles. The minimum atomic E-state index is -1.84. The SMILES string of the molecule is CCC(C)[C@H]1O[C@]2(C=C[C@@H]1C)C[C@@H]1C[C@@H](C/C=C(\C)[C@@H](OC3C[C@H](OC)[C@@H](OC4C[C@H](OC)[C@@](C)(NC=O)[C@H](C)O4)[C@H](C)O3)C(C)/C=C/C=C3\CO[C@@H]4[C@H](O)C(C)=C[C@@H](C(=O)O1)[C@]34O)O2. The van der Waals surface area contributed by atoms with Gasteiger partial charge in [0.15, 0.2) is 18.4 Å². The highest BCUT2D eigenvalue weighted by Crippen LogP contribution is 2.47. The lowest BCUT2D eigenvalue weighted by Gasteiger charge is -2.49. The summed E-state index contributed by atoms with van der Waals surface area (Å²) in [6.45, 7) is 18.1. The number of amides is 1. The highest BCUT2D eigenvalue weighted by Gasteiger charge is 2.60. The molecule has 7 aliphatic rings. The predicted octanol–water partition coefficient (Wildman–Crippen LogP) is 5.52. The van der Waals surface area contributed by atoms with Crippen molar-refractivity contribution in [1.82, 2.24) is 5.32 Å². The van der Waals surface area contributed by atoms with E-state index in [9.17, 15) is 19.8 Å². The third-order valence-corrected chi connectivity index (χ3v) is 15.5. The van der Waals surface area contributed by atoms with Crippen molar-refractivity contribution < 1.29 is 67.2 Å². The van der Waals surface area contributed by atoms with Crippen molar-refractivity contribution >= 4 is 12.4 Å². The zero-order valence-electron chi connectivity index (χ0n) is 40.2. The highest BCUT2D eigenvalue weighted by atomic mass is 16.7. The summed E-state index contributed by atoms with van der Waals surface area (Å²) in [5.74, 6) is -2.60. The Kier molecular flexibility index (Phi) is 15.7. The second-order valence-electron chi connectivity index (χ2n) is 19.9. The van der Waals surface area contributed by atoms with Crippen molar-refractivity contribution in [3.63, 3.8) is 0 Å². The average Bonchev–Trinajstić information content (AvgIpc) is 3.61. The van der Waals surface area contributed by atoms with Gasteiger partial charge in [0, 0.05) is 51.7 Å². The predicted molar refractivity (Wildman–Crippen MR) is 239 cm³/mol. The maximum absolute atomic E-state index is 14.4. The van der Waals surface area contributed by atoms with E-state index in [2.05, 4.69) is 45.2 Å². The zero-order chi connectivity index (χ0) is 47.0. The second-order valence-corrected chi connectivity index (χ2v) is 19.9. The number of hydrogen-bond donors (Lipinski definition) is 3. The van der Waals surface area contributed by atoms with Crippen LogP contribution in [0.2, 0.25) is 0 Å². The van der Waals surface area contributed by atoms with Crippen LogP contribution in [0.15, 0.2) is 59.3 Å². The molecule has 1 amide bonds. The van der Waals surface area contributed by atoms with Gasteiger partial charge in [-0.15, -0.1) is 0 Å². The van der Waals surface area contributed by atoms with Crippen molar-refractivity contribution in [3.8, 4) is 0 Å². The van der Waals surface area contributed by atoms with Crippen LogP contribution in [0.4, 0.5) is 0 Å². The summed E-state index contributed by atoms with van der Waals surface area (Å²) in [5.41, 5.74) is -0.623. The van der Waals surface area contributed by atoms with Crippen molar-refractivity contribution in [2.24, 2.45) is 23.7 Å². The van der Waals surface area contributed by atoms with Crippen molar-refractivity contribution in [2.45, 2.75) is 197 Å². The minimum absolute atomic E-state index is 0.0261. The van der Waals surface area contributed by atoms with Gasteiger partial charge in [-0.3, -0.25) is 9.59 Å². The molecule has 4 unspecified atom stereocenters. The summed E-state index contributed by atoms with van der Waals surface area (Å²) in [7, 11) is 3.26. The Balaban J connectivity index is 1.17. The number of esters is 1. The molecular weight excluding hydrogens is 839 g/mol. The smallest absolute Gasteiger partial charge is 0.316 e. The van der Waals surface area contributed by atoms with E-state index in [1.165, 1.54) is 0 Å². The van der Waals surface area contributed by atoms with Crippen molar-refractivity contribution in [3.05, 3.63) is 59.3 Å². The Hall–Kier alpha value is -2.80. The summed E-state index contributed by atoms with van der Waals surface area (Å²) >= 11 is 0. The molecular formula is C50H75NO14. The van der Waals surface area contributed by atoms with E-state index in [1.54, 1.807) is 33.3 Å². The molecule has 2 bridgehead atoms. The van der Waals surface area contributed by atoms with E-state index in [-0.39, 0.29) is 43.0 Å². The van der Waals surface area contributed by atoms with Gasteiger partial charge in [-0.05, 0) is 69.8 Å². The number of aliphatic hydroxyl groups is 2. The number of ether oxygens (including phenoxy) is 10. The van der Waals surface area contributed by atoms with Crippen LogP contribution < -0.4 is 5.32 Å². The number of rotatable bonds is 10. The molecule has 1 aliphatic carbocycles. The molecule has 0 aromatic rings. The standard InChI is InChI=1S/C50H75NO14/c1-12-27(2)44-30(5)18-19-49(65-44)24-36-21-35(64-49)17-16-29(4)43(28(3)14-13-15-34-25-58-46-42(53)31(6)20-37(47(54)61-36)50(34,46)55)62-40-22-38(56-10)45(32(7)59-40)63-41-23-39(57-11)48(9,51-26-52)33(8)60-41/h13-16,18-20,26-28,30,32-33,35-46,53,55H,12,17,21-25H2,1-11H3,(H,51,52)/b14-13+,29-16+,34-15+/t27?,28?,30-,32-,33-,35+,36-,37-,38-,39-,40?,41?,42+,43-,44+,45-,46+,48-,49+,50+/m0/s1. The van der Waals surface area contributed by atoms with Crippen LogP contribution in [0.25, 0.3) is 0 Å². The normalized spacial score (nSPS) is 48.4. The number of carbonyl (C=O) groups excluding carboxylic acids is 2. The first-order valence-electron chi connectivity index (χ1n) is 23.8. The van der Waals surface area contributed by atoms with Gasteiger partial charge in [-0.2, -0.15) is 0 Å². The first kappa shape index (κ1) is 50.1. The van der Waals surface area contributed by atoms with Crippen molar-refractivity contribution in [1.29, 1.82) is 0 Å². The lowest BCUT2D eigenvalue weighted by molar-refractivity contribution is -0.317. The number of hydrogen-bond acceptors (Lipinski definition) is 14. The maximum Gasteiger partial charge on any atom is 0.316 e. The van der Waals surface area contributed by atoms with Crippen LogP contribution in [0.1, 0.15) is 101 Å². The summed E-state index contributed by atoms with van der Waals surface area (Å²) in [5, 5.41) is 26.7. The quantitative estimate of drug-likeness (QED) is 0.142. The Labute approximate surface area is 385 Å². The highest BCUT2D eigenvalue weighted by molar-refractivity contribution is 5.78. The van der Waals surface area contributed by atoms with Gasteiger partial charge in [0.2, 0.25) is 6.41 Å². The molecule has 4 fully saturated rings. The van der Waals surface area contributed by atoms with Gasteiger partial charge in [0.05, 0.1) is 54.9 Å². The molecule has 15 heteroatoms. The third kappa shape index (κ3) is 10.0. The van der Waals surface area contributed by atoms with E-state index in [0.717, 1.165) is 12.0 Å². The Bertz CT molecular complexity index is 1850. The van der Waals surface area contributed by atoms with Crippen LogP contribution in [-0.4, -0.2) is 140 Å². The fourth-order valence-electron chi connectivity index (χ4n) is 11.1. The topological polar surface area (TPSA) is 179 Å². The Morgan fingerprint density at radius 1 is 0.969 bits per heavy atom. The number of methoxy groups -OCH3 is 2. The molecule has 0 radical (unpaired) electrons. The molecule has 364 valence electrons. The molecule has 65 heavy (non-hydrogen) atoms. The summed E-state index contributed by atoms with van der Waals surface area (Å²) in [6, 6.07) is 0. The van der Waals surface area contributed by atoms with Crippen LogP contribution in [0.5, 0.6) is 0 Å². The van der Waals surface area contributed by atoms with Crippen molar-refractivity contribution in [2.75, 3.05) is 20.8 Å². The maximum atomic E-state index is 14.4. The first-order valence-corrected chi connectivity index (χ1v) is 23.8. The van der Waals surface area contributed by atoms with Gasteiger partial charge < -0.3 is 62.9 Å². The molecule has 7 rings (SSSR count). The van der Waals surface area contributed by atoms with E-state index >= 15 is 0 Å². The van der Waals surface area contributed by atoms with Crippen LogP contribution >= 0.6 is 0 Å². The molecule has 0 saturated carbocycles. The molecule has 20 atom stereocenters. The molecule has 3 N–H and O–H groups in total. The Morgan fingerprint density at radius 2 is 1.72 bits per heavy atom. The number of allylic oxidation sites excluding steroid dienone is 2. The first-order chi connectivity index (χ1) is 30.9. The van der Waals surface area contributed by atoms with Gasteiger partial charge in [-0.1, -0.05) is 70.6 Å². The molecule has 6 heterocycles. The van der Waals surface area contributed by atoms with E-state index < -0.39 is 96.3 Å². The largest absolute Gasteiger partial charge is 0.462 e. The third-order valence-electron chi connectivity index (χ3n) is 15.5. The van der Waals surface area contributed by atoms with Gasteiger partial charge in [0.25, 0.3) is 0 Å². The van der Waals surface area contributed by atoms with Gasteiger partial charge in [-0.25, -0.2) is 0 Å².